The summed E-state index contributed by atoms with van der Waals surface area (Å²) in [6.07, 6.45) is 0. The lowest BCUT2D eigenvalue weighted by Crippen LogP contribution is -2.28. The maximum absolute atomic E-state index is 12.7. The van der Waals surface area contributed by atoms with Gasteiger partial charge in [0.15, 0.2) is 4.90 Å². The number of nitrogens with zero attached hydrogens (tertiary/aromatic N) is 3. The predicted octanol–water partition coefficient (Wildman–Crippen LogP) is 2.02. The molecule has 22 heavy (non-hydrogen) atoms. The number of aryl methyl sites for hydroxylation is 2. The molecular weight excluding hydrogens is 310 g/mol. The number of hydrogen-bond acceptors (Lipinski definition) is 6. The lowest BCUT2D eigenvalue weighted by molar-refractivity contribution is -0.387. The fraction of sp³-hybridized carbons (Fsp3) is 0.308. The monoisotopic (exact) mass is 325 g/mol. The van der Waals surface area contributed by atoms with Gasteiger partial charge in [-0.05, 0) is 19.4 Å². The third kappa shape index (κ3) is 3.00. The zero-order valence-electron chi connectivity index (χ0n) is 12.3. The van der Waals surface area contributed by atoms with Crippen LogP contribution in [0.3, 0.4) is 0 Å². The summed E-state index contributed by atoms with van der Waals surface area (Å²) >= 11 is 0. The summed E-state index contributed by atoms with van der Waals surface area (Å²) in [6, 6.07) is 5.76. The van der Waals surface area contributed by atoms with Crippen molar-refractivity contribution in [3.8, 4) is 0 Å². The first-order valence-corrected chi connectivity index (χ1v) is 7.80. The molecule has 0 bridgehead atoms. The first-order valence-electron chi connectivity index (χ1n) is 6.36. The van der Waals surface area contributed by atoms with Crippen LogP contribution in [-0.2, 0) is 16.6 Å². The van der Waals surface area contributed by atoms with Gasteiger partial charge in [-0.3, -0.25) is 10.1 Å². The minimum atomic E-state index is -4.02. The Morgan fingerprint density at radius 2 is 2.05 bits per heavy atom. The molecule has 0 fully saturated rings. The summed E-state index contributed by atoms with van der Waals surface area (Å²) in [6.45, 7) is 3.18. The van der Waals surface area contributed by atoms with Crippen molar-refractivity contribution < 1.29 is 17.9 Å². The highest BCUT2D eigenvalue weighted by atomic mass is 32.2. The minimum absolute atomic E-state index is 0.0365. The molecule has 1 heterocycles. The number of nitro groups is 1. The number of rotatable bonds is 5. The fourth-order valence-electron chi connectivity index (χ4n) is 2.08. The maximum atomic E-state index is 12.7. The van der Waals surface area contributed by atoms with Gasteiger partial charge in [0.25, 0.3) is 5.69 Å². The largest absolute Gasteiger partial charge is 0.361 e. The van der Waals surface area contributed by atoms with Crippen LogP contribution in [0.15, 0.2) is 33.7 Å². The summed E-state index contributed by atoms with van der Waals surface area (Å²) in [4.78, 5) is 10.1. The Kier molecular flexibility index (Phi) is 4.29. The quantitative estimate of drug-likeness (QED) is 0.615. The molecule has 0 unspecified atom stereocenters. The number of aromatic nitrogens is 1. The average molecular weight is 325 g/mol. The highest BCUT2D eigenvalue weighted by Crippen LogP contribution is 2.29. The molecule has 118 valence electrons. The molecule has 0 aliphatic heterocycles. The molecule has 0 saturated carbocycles. The zero-order chi connectivity index (χ0) is 16.5. The molecule has 0 atom stereocenters. The zero-order valence-corrected chi connectivity index (χ0v) is 13.1. The molecule has 0 spiro atoms. The second-order valence-electron chi connectivity index (χ2n) is 4.87. The van der Waals surface area contributed by atoms with Gasteiger partial charge in [0.05, 0.1) is 17.2 Å². The lowest BCUT2D eigenvalue weighted by atomic mass is 10.2. The van der Waals surface area contributed by atoms with Crippen molar-refractivity contribution in [3.05, 3.63) is 51.4 Å². The van der Waals surface area contributed by atoms with Crippen LogP contribution < -0.4 is 0 Å². The van der Waals surface area contributed by atoms with E-state index in [2.05, 4.69) is 5.16 Å². The van der Waals surface area contributed by atoms with Crippen molar-refractivity contribution >= 4 is 15.7 Å². The van der Waals surface area contributed by atoms with E-state index >= 15 is 0 Å². The van der Waals surface area contributed by atoms with Crippen LogP contribution in [0.25, 0.3) is 0 Å². The summed E-state index contributed by atoms with van der Waals surface area (Å²) in [7, 11) is -2.68. The molecule has 0 aliphatic carbocycles. The molecular formula is C13H15N3O5S. The van der Waals surface area contributed by atoms with Gasteiger partial charge >= 0.3 is 0 Å². The molecule has 1 aromatic carbocycles. The smallest absolute Gasteiger partial charge is 0.289 e. The van der Waals surface area contributed by atoms with Crippen LogP contribution in [0.4, 0.5) is 5.69 Å². The Hall–Kier alpha value is -2.26. The Bertz CT molecular complexity index is 813. The van der Waals surface area contributed by atoms with E-state index in [4.69, 9.17) is 4.52 Å². The maximum Gasteiger partial charge on any atom is 0.289 e. The van der Waals surface area contributed by atoms with E-state index in [1.54, 1.807) is 13.0 Å². The Morgan fingerprint density at radius 3 is 2.59 bits per heavy atom. The highest BCUT2D eigenvalue weighted by Gasteiger charge is 2.31. The topological polar surface area (TPSA) is 107 Å². The summed E-state index contributed by atoms with van der Waals surface area (Å²) in [5.41, 5.74) is 0.306. The van der Waals surface area contributed by atoms with E-state index in [0.29, 0.717) is 17.0 Å². The van der Waals surface area contributed by atoms with Gasteiger partial charge in [0.2, 0.25) is 10.0 Å². The second kappa shape index (κ2) is 5.85. The van der Waals surface area contributed by atoms with Crippen molar-refractivity contribution in [1.29, 1.82) is 0 Å². The first-order chi connectivity index (χ1) is 10.2. The van der Waals surface area contributed by atoms with Crippen LogP contribution in [0.2, 0.25) is 0 Å². The Balaban J connectivity index is 2.44. The normalized spacial score (nSPS) is 11.8. The number of benzene rings is 1. The van der Waals surface area contributed by atoms with Crippen LogP contribution in [0, 0.1) is 24.0 Å². The molecule has 1 aromatic heterocycles. The first kappa shape index (κ1) is 16.1. The van der Waals surface area contributed by atoms with E-state index in [0.717, 1.165) is 4.31 Å². The molecule has 2 aromatic rings. The predicted molar refractivity (Wildman–Crippen MR) is 77.7 cm³/mol. The summed E-state index contributed by atoms with van der Waals surface area (Å²) in [5, 5.41) is 14.8. The third-order valence-electron chi connectivity index (χ3n) is 3.12. The van der Waals surface area contributed by atoms with Gasteiger partial charge in [-0.25, -0.2) is 8.42 Å². The van der Waals surface area contributed by atoms with Crippen LogP contribution in [0.1, 0.15) is 17.0 Å². The molecule has 2 rings (SSSR count). The summed E-state index contributed by atoms with van der Waals surface area (Å²) in [5.74, 6) is 0.558. The third-order valence-corrected chi connectivity index (χ3v) is 5.11. The Labute approximate surface area is 127 Å². The van der Waals surface area contributed by atoms with E-state index in [9.17, 15) is 18.5 Å². The molecule has 0 aliphatic rings. The molecule has 0 amide bonds. The minimum Gasteiger partial charge on any atom is -0.361 e. The lowest BCUT2D eigenvalue weighted by Gasteiger charge is -2.17. The van der Waals surface area contributed by atoms with Gasteiger partial charge in [-0.1, -0.05) is 17.3 Å². The number of sulfonamides is 1. The van der Waals surface area contributed by atoms with Crippen LogP contribution in [0.5, 0.6) is 0 Å². The highest BCUT2D eigenvalue weighted by molar-refractivity contribution is 7.89. The van der Waals surface area contributed by atoms with Crippen molar-refractivity contribution in [3.63, 3.8) is 0 Å². The number of hydrogen-bond donors (Lipinski definition) is 0. The van der Waals surface area contributed by atoms with E-state index < -0.39 is 20.6 Å². The average Bonchev–Trinajstić information content (AvgIpc) is 2.83. The Morgan fingerprint density at radius 1 is 1.36 bits per heavy atom. The second-order valence-corrected chi connectivity index (χ2v) is 6.85. The molecule has 0 saturated heterocycles. The molecule has 0 radical (unpaired) electrons. The molecule has 8 nitrogen and oxygen atoms in total. The van der Waals surface area contributed by atoms with Gasteiger partial charge in [-0.15, -0.1) is 0 Å². The van der Waals surface area contributed by atoms with Gasteiger partial charge in [0.1, 0.15) is 5.76 Å². The van der Waals surface area contributed by atoms with Crippen molar-refractivity contribution in [2.24, 2.45) is 0 Å². The van der Waals surface area contributed by atoms with Crippen molar-refractivity contribution in [2.45, 2.75) is 25.3 Å². The van der Waals surface area contributed by atoms with Gasteiger partial charge in [-0.2, -0.15) is 4.31 Å². The number of nitro benzene ring substituents is 1. The van der Waals surface area contributed by atoms with E-state index in [1.807, 2.05) is 0 Å². The summed E-state index contributed by atoms with van der Waals surface area (Å²) < 4.78 is 31.2. The van der Waals surface area contributed by atoms with E-state index in [1.165, 1.54) is 32.2 Å². The molecule has 9 heteroatoms. The molecule has 0 N–H and O–H groups in total. The van der Waals surface area contributed by atoms with Gasteiger partial charge < -0.3 is 4.52 Å². The van der Waals surface area contributed by atoms with Gasteiger partial charge in [0, 0.05) is 19.2 Å². The van der Waals surface area contributed by atoms with Crippen molar-refractivity contribution in [1.82, 2.24) is 9.46 Å². The fourth-order valence-corrected chi connectivity index (χ4v) is 3.57. The van der Waals surface area contributed by atoms with Crippen molar-refractivity contribution in [2.75, 3.05) is 7.05 Å². The van der Waals surface area contributed by atoms with Crippen LogP contribution >= 0.6 is 0 Å². The van der Waals surface area contributed by atoms with Crippen LogP contribution in [-0.4, -0.2) is 29.9 Å². The standard InChI is InChI=1S/C13H15N3O5S/c1-9-5-4-6-12(16(17)18)13(9)22(19,20)15(3)8-11-7-10(2)21-14-11/h4-7H,8H2,1-3H3. The SMILES string of the molecule is Cc1cc(CN(C)S(=O)(=O)c2c(C)cccc2[N+](=O)[O-])no1. The van der Waals surface area contributed by atoms with E-state index in [-0.39, 0.29) is 11.4 Å².